The lowest BCUT2D eigenvalue weighted by Crippen LogP contribution is -2.07. The lowest BCUT2D eigenvalue weighted by molar-refractivity contribution is 0.380. The topological polar surface area (TPSA) is 29.6 Å². The third-order valence-corrected chi connectivity index (χ3v) is 6.28. The average molecular weight is 194 g/mol. The summed E-state index contributed by atoms with van der Waals surface area (Å²) in [6.45, 7) is 0. The lowest BCUT2D eigenvalue weighted by Gasteiger charge is -2.11. The van der Waals surface area contributed by atoms with Gasteiger partial charge in [-0.1, -0.05) is 30.3 Å². The zero-order valence-corrected chi connectivity index (χ0v) is 8.11. The Morgan fingerprint density at radius 2 is 2.08 bits per heavy atom. The molecule has 3 rings (SSSR count). The molecule has 0 spiro atoms. The van der Waals surface area contributed by atoms with Crippen molar-refractivity contribution in [2.24, 2.45) is 0 Å². The van der Waals surface area contributed by atoms with Crippen LogP contribution < -0.4 is 5.30 Å². The summed E-state index contributed by atoms with van der Waals surface area (Å²) in [4.78, 5) is 0. The first-order chi connectivity index (χ1) is 6.31. The van der Waals surface area contributed by atoms with Crippen LogP contribution >= 0.6 is 7.14 Å². The predicted octanol–water partition coefficient (Wildman–Crippen LogP) is 1.80. The zero-order chi connectivity index (χ0) is 8.89. The third kappa shape index (κ3) is 1.02. The summed E-state index contributed by atoms with van der Waals surface area (Å²) in [5, 5.41) is 1.00. The highest BCUT2D eigenvalue weighted by molar-refractivity contribution is 7.72. The number of benzene rings is 1. The third-order valence-electron chi connectivity index (χ3n) is 2.91. The Labute approximate surface area is 77.3 Å². The Hall–Kier alpha value is -0.590. The van der Waals surface area contributed by atoms with Gasteiger partial charge in [-0.3, -0.25) is 0 Å². The molecule has 68 valence electrons. The van der Waals surface area contributed by atoms with Gasteiger partial charge in [-0.25, -0.2) is 0 Å². The van der Waals surface area contributed by atoms with Crippen molar-refractivity contribution in [3.8, 4) is 0 Å². The summed E-state index contributed by atoms with van der Waals surface area (Å²) < 4.78 is 17.8. The minimum absolute atomic E-state index is 0.0647. The van der Waals surface area contributed by atoms with Crippen LogP contribution in [0, 0.1) is 0 Å². The molecule has 0 aliphatic carbocycles. The molecule has 2 heterocycles. The Kier molecular flexibility index (Phi) is 1.47. The van der Waals surface area contributed by atoms with Crippen LogP contribution in [0.2, 0.25) is 0 Å². The summed E-state index contributed by atoms with van der Waals surface area (Å²) in [5.41, 5.74) is 0. The Morgan fingerprint density at radius 3 is 2.62 bits per heavy atom. The van der Waals surface area contributed by atoms with Gasteiger partial charge in [-0.2, -0.15) is 0 Å². The highest BCUT2D eigenvalue weighted by Gasteiger charge is 2.58. The fourth-order valence-electron chi connectivity index (χ4n) is 2.11. The highest BCUT2D eigenvalue weighted by Crippen LogP contribution is 2.65. The molecule has 2 aliphatic heterocycles. The van der Waals surface area contributed by atoms with E-state index < -0.39 is 7.14 Å². The van der Waals surface area contributed by atoms with Gasteiger partial charge >= 0.3 is 0 Å². The van der Waals surface area contributed by atoms with Gasteiger partial charge in [-0.15, -0.1) is 0 Å². The van der Waals surface area contributed by atoms with Gasteiger partial charge in [0.05, 0.1) is 6.10 Å². The van der Waals surface area contributed by atoms with Gasteiger partial charge in [0.15, 0.2) is 0 Å². The Morgan fingerprint density at radius 1 is 1.31 bits per heavy atom. The molecule has 2 fully saturated rings. The molecule has 1 unspecified atom stereocenters. The van der Waals surface area contributed by atoms with Gasteiger partial charge in [0, 0.05) is 11.5 Å². The molecule has 0 bridgehead atoms. The first-order valence-electron chi connectivity index (χ1n) is 4.60. The monoisotopic (exact) mass is 194 g/mol. The van der Waals surface area contributed by atoms with E-state index in [1.54, 1.807) is 0 Å². The summed E-state index contributed by atoms with van der Waals surface area (Å²) >= 11 is 0. The van der Waals surface area contributed by atoms with E-state index in [0.717, 1.165) is 17.9 Å². The fraction of sp³-hybridized carbons (Fsp3) is 0.400. The van der Waals surface area contributed by atoms with Crippen LogP contribution in [0.25, 0.3) is 0 Å². The van der Waals surface area contributed by atoms with Crippen molar-refractivity contribution >= 4 is 12.4 Å². The second kappa shape index (κ2) is 2.46. The largest absolute Gasteiger partial charge is 0.361 e. The average Bonchev–Trinajstić information content (AvgIpc) is 2.90. The van der Waals surface area contributed by atoms with Crippen LogP contribution in [0.15, 0.2) is 30.3 Å². The molecule has 1 aromatic rings. The van der Waals surface area contributed by atoms with E-state index >= 15 is 0 Å². The van der Waals surface area contributed by atoms with Crippen molar-refractivity contribution in [2.75, 3.05) is 6.16 Å². The molecule has 0 aromatic heterocycles. The van der Waals surface area contributed by atoms with E-state index in [1.165, 1.54) is 0 Å². The van der Waals surface area contributed by atoms with E-state index in [2.05, 4.69) is 0 Å². The fourth-order valence-corrected chi connectivity index (χ4v) is 5.27. The number of hydrogen-bond acceptors (Lipinski definition) is 2. The molecular formula is C10H11O2P. The van der Waals surface area contributed by atoms with Crippen molar-refractivity contribution < 1.29 is 9.30 Å². The van der Waals surface area contributed by atoms with E-state index in [9.17, 15) is 4.57 Å². The molecule has 0 amide bonds. The second-order valence-corrected chi connectivity index (χ2v) is 6.77. The molecule has 2 saturated heterocycles. The molecule has 2 nitrogen and oxygen atoms in total. The van der Waals surface area contributed by atoms with Crippen molar-refractivity contribution in [3.63, 3.8) is 0 Å². The van der Waals surface area contributed by atoms with Crippen molar-refractivity contribution in [1.29, 1.82) is 0 Å². The maximum absolute atomic E-state index is 12.5. The van der Waals surface area contributed by atoms with Gasteiger partial charge in [0.1, 0.15) is 13.0 Å². The molecule has 2 aliphatic rings. The van der Waals surface area contributed by atoms with Crippen LogP contribution in [0.5, 0.6) is 0 Å². The minimum atomic E-state index is -2.16. The molecule has 3 heteroatoms. The summed E-state index contributed by atoms with van der Waals surface area (Å²) in [6.07, 6.45) is 2.13. The maximum Gasteiger partial charge on any atom is 0.145 e. The lowest BCUT2D eigenvalue weighted by atomic mass is 10.4. The van der Waals surface area contributed by atoms with Crippen molar-refractivity contribution in [3.05, 3.63) is 30.3 Å². The SMILES string of the molecule is O=P1(c2ccccc2)CC[C@@H]2O[C@@H]21. The van der Waals surface area contributed by atoms with Crippen LogP contribution in [0.4, 0.5) is 0 Å². The standard InChI is InChI=1S/C10H11O2P/c11-13(7-6-9-10(13)12-9)8-4-2-1-3-5-8/h1-5,9-10H,6-7H2/t9-,10+,13?/m0/s1. The van der Waals surface area contributed by atoms with Crippen molar-refractivity contribution in [2.45, 2.75) is 18.4 Å². The summed E-state index contributed by atoms with van der Waals surface area (Å²) in [5.74, 6) is 0.0647. The maximum atomic E-state index is 12.5. The van der Waals surface area contributed by atoms with E-state index in [1.807, 2.05) is 30.3 Å². The van der Waals surface area contributed by atoms with Gasteiger partial charge < -0.3 is 9.30 Å². The predicted molar refractivity (Wildman–Crippen MR) is 51.8 cm³/mol. The summed E-state index contributed by atoms with van der Waals surface area (Å²) in [7, 11) is -2.16. The Balaban J connectivity index is 2.05. The molecule has 0 N–H and O–H groups in total. The van der Waals surface area contributed by atoms with Crippen LogP contribution in [-0.4, -0.2) is 18.1 Å². The first-order valence-corrected chi connectivity index (χ1v) is 6.57. The van der Waals surface area contributed by atoms with E-state index in [-0.39, 0.29) is 5.85 Å². The quantitative estimate of drug-likeness (QED) is 0.504. The molecule has 13 heavy (non-hydrogen) atoms. The second-order valence-electron chi connectivity index (χ2n) is 3.71. The first kappa shape index (κ1) is 7.78. The van der Waals surface area contributed by atoms with Gasteiger partial charge in [0.2, 0.25) is 0 Å². The smallest absolute Gasteiger partial charge is 0.145 e. The normalized spacial score (nSPS) is 41.5. The number of fused-ring (bicyclic) bond motifs is 1. The van der Waals surface area contributed by atoms with Gasteiger partial charge in [-0.05, 0) is 6.42 Å². The number of epoxide rings is 1. The molecular weight excluding hydrogens is 183 g/mol. The minimum Gasteiger partial charge on any atom is -0.361 e. The number of hydrogen-bond donors (Lipinski definition) is 0. The van der Waals surface area contributed by atoms with Crippen LogP contribution in [0.3, 0.4) is 0 Å². The highest BCUT2D eigenvalue weighted by atomic mass is 31.2. The van der Waals surface area contributed by atoms with Gasteiger partial charge in [0.25, 0.3) is 0 Å². The van der Waals surface area contributed by atoms with Crippen LogP contribution in [0.1, 0.15) is 6.42 Å². The van der Waals surface area contributed by atoms with Crippen LogP contribution in [-0.2, 0) is 9.30 Å². The van der Waals surface area contributed by atoms with Crippen molar-refractivity contribution in [1.82, 2.24) is 0 Å². The Bertz CT molecular complexity index is 374. The van der Waals surface area contributed by atoms with E-state index in [0.29, 0.717) is 6.10 Å². The number of ether oxygens (including phenoxy) is 1. The van der Waals surface area contributed by atoms with E-state index in [4.69, 9.17) is 4.74 Å². The zero-order valence-electron chi connectivity index (χ0n) is 7.22. The number of rotatable bonds is 1. The molecule has 0 radical (unpaired) electrons. The summed E-state index contributed by atoms with van der Waals surface area (Å²) in [6, 6.07) is 9.78. The molecule has 0 saturated carbocycles. The molecule has 3 atom stereocenters. The molecule has 1 aromatic carbocycles.